The highest BCUT2D eigenvalue weighted by Gasteiger charge is 2.23. The number of carbonyl (C=O) groups is 1. The number of aliphatic hydroxyl groups is 1. The number of likely N-dealkylation sites (tertiary alicyclic amines) is 1. The Hall–Kier alpha value is -1.46. The van der Waals surface area contributed by atoms with Gasteiger partial charge in [-0.3, -0.25) is 0 Å². The maximum Gasteiger partial charge on any atom is 0.317 e. The first-order valence-corrected chi connectivity index (χ1v) is 8.56. The lowest BCUT2D eigenvalue weighted by Crippen LogP contribution is -2.48. The van der Waals surface area contributed by atoms with Gasteiger partial charge in [0.15, 0.2) is 0 Å². The van der Waals surface area contributed by atoms with Crippen LogP contribution in [0.1, 0.15) is 26.2 Å². The number of hydrogen-bond acceptors (Lipinski definition) is 3. The van der Waals surface area contributed by atoms with Crippen LogP contribution in [-0.2, 0) is 0 Å². The second-order valence-electron chi connectivity index (χ2n) is 5.90. The predicted molar refractivity (Wildman–Crippen MR) is 90.9 cm³/mol. The number of urea groups is 1. The number of carbonyl (C=O) groups excluding carboxylic acids is 1. The van der Waals surface area contributed by atoms with Crippen molar-refractivity contribution in [3.05, 3.63) is 29.3 Å². The first-order chi connectivity index (χ1) is 11.1. The monoisotopic (exact) mass is 340 g/mol. The largest absolute Gasteiger partial charge is 0.487 e. The van der Waals surface area contributed by atoms with E-state index in [1.54, 1.807) is 11.0 Å². The zero-order valence-electron chi connectivity index (χ0n) is 13.5. The fourth-order valence-electron chi connectivity index (χ4n) is 2.70. The van der Waals surface area contributed by atoms with Gasteiger partial charge in [-0.05, 0) is 37.3 Å². The van der Waals surface area contributed by atoms with Gasteiger partial charge in [0.05, 0.1) is 11.6 Å². The van der Waals surface area contributed by atoms with Gasteiger partial charge in [0.2, 0.25) is 0 Å². The Labute approximate surface area is 142 Å². The van der Waals surface area contributed by atoms with E-state index in [-0.39, 0.29) is 24.7 Å². The van der Waals surface area contributed by atoms with E-state index in [0.29, 0.717) is 23.9 Å². The van der Waals surface area contributed by atoms with Gasteiger partial charge in [0.1, 0.15) is 11.9 Å². The maximum absolute atomic E-state index is 12.3. The Balaban J connectivity index is 1.83. The van der Waals surface area contributed by atoms with Crippen LogP contribution in [-0.4, -0.2) is 48.4 Å². The highest BCUT2D eigenvalue weighted by molar-refractivity contribution is 6.32. The minimum atomic E-state index is -0.128. The molecular formula is C17H25ClN2O3. The van der Waals surface area contributed by atoms with E-state index in [1.165, 1.54) is 0 Å². The van der Waals surface area contributed by atoms with Crippen LogP contribution < -0.4 is 10.1 Å². The summed E-state index contributed by atoms with van der Waals surface area (Å²) < 4.78 is 5.87. The third-order valence-corrected chi connectivity index (χ3v) is 4.44. The van der Waals surface area contributed by atoms with Crippen LogP contribution in [0.25, 0.3) is 0 Å². The number of nitrogens with one attached hydrogen (secondary N) is 1. The number of halogens is 1. The van der Waals surface area contributed by atoms with Crippen molar-refractivity contribution < 1.29 is 14.6 Å². The predicted octanol–water partition coefficient (Wildman–Crippen LogP) is 2.91. The van der Waals surface area contributed by atoms with Crippen LogP contribution in [0, 0.1) is 5.92 Å². The van der Waals surface area contributed by atoms with Crippen molar-refractivity contribution in [2.24, 2.45) is 5.92 Å². The molecule has 23 heavy (non-hydrogen) atoms. The summed E-state index contributed by atoms with van der Waals surface area (Å²) in [5.41, 5.74) is 0. The molecule has 0 unspecified atom stereocenters. The molecule has 1 aliphatic rings. The summed E-state index contributed by atoms with van der Waals surface area (Å²) in [7, 11) is 0. The highest BCUT2D eigenvalue weighted by atomic mass is 35.5. The summed E-state index contributed by atoms with van der Waals surface area (Å²) >= 11 is 6.10. The summed E-state index contributed by atoms with van der Waals surface area (Å²) in [6.07, 6.45) is 2.56. The molecule has 1 aromatic carbocycles. The molecule has 1 aromatic rings. The SMILES string of the molecule is CC[C@H](CNC(=O)N1CCC[C@@H](CO)C1)Oc1ccccc1Cl. The Kier molecular flexibility index (Phi) is 6.99. The normalized spacial score (nSPS) is 19.3. The van der Waals surface area contributed by atoms with Crippen LogP contribution in [0.4, 0.5) is 4.79 Å². The Bertz CT molecular complexity index is 512. The van der Waals surface area contributed by atoms with Gasteiger partial charge in [-0.1, -0.05) is 30.7 Å². The van der Waals surface area contributed by atoms with E-state index in [9.17, 15) is 9.90 Å². The number of benzene rings is 1. The lowest BCUT2D eigenvalue weighted by atomic mass is 9.99. The van der Waals surface area contributed by atoms with Crippen molar-refractivity contribution in [3.63, 3.8) is 0 Å². The number of hydrogen-bond donors (Lipinski definition) is 2. The standard InChI is InChI=1S/C17H25ClN2O3/c1-2-14(23-16-8-4-3-7-15(16)18)10-19-17(22)20-9-5-6-13(11-20)12-21/h3-4,7-8,13-14,21H,2,5-6,9-12H2,1H3,(H,19,22)/t13-,14-/m1/s1. The van der Waals surface area contributed by atoms with Gasteiger partial charge < -0.3 is 20.1 Å². The average Bonchev–Trinajstić information content (AvgIpc) is 2.59. The molecule has 1 saturated heterocycles. The van der Waals surface area contributed by atoms with Crippen molar-refractivity contribution in [3.8, 4) is 5.75 Å². The van der Waals surface area contributed by atoms with Crippen LogP contribution in [0.3, 0.4) is 0 Å². The molecule has 2 atom stereocenters. The third-order valence-electron chi connectivity index (χ3n) is 4.13. The van der Waals surface area contributed by atoms with Gasteiger partial charge in [0.25, 0.3) is 0 Å². The molecule has 128 valence electrons. The van der Waals surface area contributed by atoms with E-state index in [0.717, 1.165) is 25.8 Å². The van der Waals surface area contributed by atoms with E-state index < -0.39 is 0 Å². The van der Waals surface area contributed by atoms with E-state index in [4.69, 9.17) is 16.3 Å². The number of para-hydroxylation sites is 1. The number of nitrogens with zero attached hydrogens (tertiary/aromatic N) is 1. The topological polar surface area (TPSA) is 61.8 Å². The van der Waals surface area contributed by atoms with Crippen LogP contribution >= 0.6 is 11.6 Å². The molecule has 0 spiro atoms. The molecule has 0 saturated carbocycles. The van der Waals surface area contributed by atoms with E-state index in [2.05, 4.69) is 5.32 Å². The van der Waals surface area contributed by atoms with Crippen molar-refractivity contribution >= 4 is 17.6 Å². The minimum absolute atomic E-state index is 0.0932. The van der Waals surface area contributed by atoms with Crippen molar-refractivity contribution in [2.45, 2.75) is 32.3 Å². The molecule has 1 fully saturated rings. The third kappa shape index (κ3) is 5.29. The lowest BCUT2D eigenvalue weighted by Gasteiger charge is -2.32. The Morgan fingerprint density at radius 1 is 1.52 bits per heavy atom. The molecule has 6 heteroatoms. The summed E-state index contributed by atoms with van der Waals surface area (Å²) in [6.45, 7) is 3.93. The Morgan fingerprint density at radius 3 is 3.00 bits per heavy atom. The van der Waals surface area contributed by atoms with Gasteiger partial charge in [-0.2, -0.15) is 0 Å². The number of rotatable bonds is 6. The second-order valence-corrected chi connectivity index (χ2v) is 6.31. The van der Waals surface area contributed by atoms with Crippen molar-refractivity contribution in [2.75, 3.05) is 26.2 Å². The molecule has 0 bridgehead atoms. The number of ether oxygens (including phenoxy) is 1. The number of piperidine rings is 1. The second kappa shape index (κ2) is 8.99. The molecular weight excluding hydrogens is 316 g/mol. The fraction of sp³-hybridized carbons (Fsp3) is 0.588. The molecule has 2 rings (SSSR count). The number of aliphatic hydroxyl groups excluding tert-OH is 1. The van der Waals surface area contributed by atoms with Crippen molar-refractivity contribution in [1.29, 1.82) is 0 Å². The van der Waals surface area contributed by atoms with Gasteiger partial charge >= 0.3 is 6.03 Å². The Morgan fingerprint density at radius 2 is 2.30 bits per heavy atom. The van der Waals surface area contributed by atoms with Gasteiger partial charge in [-0.15, -0.1) is 0 Å². The van der Waals surface area contributed by atoms with Crippen LogP contribution in [0.5, 0.6) is 5.75 Å². The molecule has 0 radical (unpaired) electrons. The lowest BCUT2D eigenvalue weighted by molar-refractivity contribution is 0.125. The smallest absolute Gasteiger partial charge is 0.317 e. The summed E-state index contributed by atoms with van der Waals surface area (Å²) in [4.78, 5) is 14.0. The first-order valence-electron chi connectivity index (χ1n) is 8.18. The molecule has 2 N–H and O–H groups in total. The quantitative estimate of drug-likeness (QED) is 0.837. The van der Waals surface area contributed by atoms with Gasteiger partial charge in [0, 0.05) is 19.7 Å². The van der Waals surface area contributed by atoms with E-state index in [1.807, 2.05) is 25.1 Å². The zero-order chi connectivity index (χ0) is 16.7. The molecule has 0 aliphatic carbocycles. The molecule has 1 aliphatic heterocycles. The summed E-state index contributed by atoms with van der Waals surface area (Å²) in [5, 5.41) is 12.7. The zero-order valence-corrected chi connectivity index (χ0v) is 14.3. The first kappa shape index (κ1) is 17.9. The maximum atomic E-state index is 12.3. The van der Waals surface area contributed by atoms with E-state index >= 15 is 0 Å². The molecule has 2 amide bonds. The van der Waals surface area contributed by atoms with Gasteiger partial charge in [-0.25, -0.2) is 4.79 Å². The molecule has 5 nitrogen and oxygen atoms in total. The van der Waals surface area contributed by atoms with Crippen LogP contribution in [0.2, 0.25) is 5.02 Å². The number of amides is 2. The van der Waals surface area contributed by atoms with Crippen molar-refractivity contribution in [1.82, 2.24) is 10.2 Å². The molecule has 1 heterocycles. The summed E-state index contributed by atoms with van der Waals surface area (Å²) in [6, 6.07) is 7.24. The molecule has 0 aromatic heterocycles. The highest BCUT2D eigenvalue weighted by Crippen LogP contribution is 2.24. The van der Waals surface area contributed by atoms with Crippen LogP contribution in [0.15, 0.2) is 24.3 Å². The minimum Gasteiger partial charge on any atom is -0.487 e. The summed E-state index contributed by atoms with van der Waals surface area (Å²) in [5.74, 6) is 0.824. The average molecular weight is 341 g/mol. The fourth-order valence-corrected chi connectivity index (χ4v) is 2.88.